The first-order valence-corrected chi connectivity index (χ1v) is 13.8. The van der Waals surface area contributed by atoms with E-state index in [1.807, 2.05) is 0 Å². The molecule has 0 nitrogen and oxygen atoms in total. The van der Waals surface area contributed by atoms with Crippen molar-refractivity contribution in [2.75, 3.05) is 0 Å². The monoisotopic (exact) mass is 394 g/mol. The van der Waals surface area contributed by atoms with Crippen LogP contribution in [0.25, 0.3) is 0 Å². The van der Waals surface area contributed by atoms with Gasteiger partial charge in [-0.25, -0.2) is 0 Å². The molecule has 0 aliphatic carbocycles. The van der Waals surface area contributed by atoms with Gasteiger partial charge >= 0.3 is 0 Å². The van der Waals surface area contributed by atoms with Crippen molar-refractivity contribution in [3.8, 4) is 0 Å². The van der Waals surface area contributed by atoms with Crippen molar-refractivity contribution in [2.24, 2.45) is 5.92 Å². The third-order valence-electron chi connectivity index (χ3n) is 6.60. The fourth-order valence-electron chi connectivity index (χ4n) is 4.46. The molecular formula is C28H58. The van der Waals surface area contributed by atoms with E-state index in [2.05, 4.69) is 20.8 Å². The average molecular weight is 395 g/mol. The molecule has 0 aromatic carbocycles. The van der Waals surface area contributed by atoms with Crippen LogP contribution in [0.1, 0.15) is 175 Å². The lowest BCUT2D eigenvalue weighted by Crippen LogP contribution is -1.94. The Hall–Kier alpha value is 0. The van der Waals surface area contributed by atoms with Crippen LogP contribution in [0.4, 0.5) is 0 Å². The van der Waals surface area contributed by atoms with Gasteiger partial charge in [-0.15, -0.1) is 0 Å². The minimum absolute atomic E-state index is 0.970. The van der Waals surface area contributed by atoms with Gasteiger partial charge in [0.2, 0.25) is 0 Å². The molecule has 1 atom stereocenters. The van der Waals surface area contributed by atoms with Gasteiger partial charge in [-0.1, -0.05) is 175 Å². The molecule has 0 amide bonds. The molecule has 170 valence electrons. The van der Waals surface area contributed by atoms with Crippen molar-refractivity contribution in [1.29, 1.82) is 0 Å². The van der Waals surface area contributed by atoms with Crippen LogP contribution >= 0.6 is 0 Å². The summed E-state index contributed by atoms with van der Waals surface area (Å²) in [6.45, 7) is 7.07. The van der Waals surface area contributed by atoms with Crippen molar-refractivity contribution < 1.29 is 0 Å². The summed E-state index contributed by atoms with van der Waals surface area (Å²) in [5.74, 6) is 0.970. The Kier molecular flexibility index (Phi) is 25.0. The first kappa shape index (κ1) is 28.0. The molecule has 0 aromatic rings. The fraction of sp³-hybridized carbons (Fsp3) is 1.00. The highest BCUT2D eigenvalue weighted by Gasteiger charge is 2.01. The van der Waals surface area contributed by atoms with E-state index in [4.69, 9.17) is 0 Å². The Morgan fingerprint density at radius 1 is 0.321 bits per heavy atom. The number of rotatable bonds is 24. The summed E-state index contributed by atoms with van der Waals surface area (Å²) in [5.41, 5.74) is 0. The van der Waals surface area contributed by atoms with Crippen LogP contribution in [-0.2, 0) is 0 Å². The highest BCUT2D eigenvalue weighted by molar-refractivity contribution is 4.55. The predicted octanol–water partition coefficient (Wildman–Crippen LogP) is 11.0. The van der Waals surface area contributed by atoms with E-state index >= 15 is 0 Å². The van der Waals surface area contributed by atoms with Crippen LogP contribution in [-0.4, -0.2) is 0 Å². The summed E-state index contributed by atoms with van der Waals surface area (Å²) in [5, 5.41) is 0. The second-order valence-electron chi connectivity index (χ2n) is 9.75. The lowest BCUT2D eigenvalue weighted by molar-refractivity contribution is 0.435. The summed E-state index contributed by atoms with van der Waals surface area (Å²) in [6, 6.07) is 0. The van der Waals surface area contributed by atoms with E-state index in [1.165, 1.54) is 154 Å². The third kappa shape index (κ3) is 24.0. The molecule has 0 aliphatic heterocycles. The first-order valence-electron chi connectivity index (χ1n) is 13.8. The molecule has 0 rings (SSSR count). The molecule has 0 heteroatoms. The van der Waals surface area contributed by atoms with Crippen molar-refractivity contribution in [3.63, 3.8) is 0 Å². The molecule has 0 N–H and O–H groups in total. The molecule has 0 radical (unpaired) electrons. The van der Waals surface area contributed by atoms with Crippen molar-refractivity contribution >= 4 is 0 Å². The lowest BCUT2D eigenvalue weighted by Gasteiger charge is -2.10. The molecule has 0 spiro atoms. The van der Waals surface area contributed by atoms with Crippen LogP contribution < -0.4 is 0 Å². The Labute approximate surface area is 181 Å². The van der Waals surface area contributed by atoms with E-state index in [0.717, 1.165) is 5.92 Å². The average Bonchev–Trinajstić information content (AvgIpc) is 2.70. The largest absolute Gasteiger partial charge is 0.0654 e. The van der Waals surface area contributed by atoms with Gasteiger partial charge in [0, 0.05) is 0 Å². The quantitative estimate of drug-likeness (QED) is 0.143. The minimum Gasteiger partial charge on any atom is -0.0654 e. The number of hydrogen-bond acceptors (Lipinski definition) is 0. The lowest BCUT2D eigenvalue weighted by atomic mass is 9.96. The van der Waals surface area contributed by atoms with E-state index < -0.39 is 0 Å². The van der Waals surface area contributed by atoms with Crippen molar-refractivity contribution in [3.05, 3.63) is 0 Å². The van der Waals surface area contributed by atoms with Crippen LogP contribution in [0.15, 0.2) is 0 Å². The smallest absolute Gasteiger partial charge is 0.0443 e. The van der Waals surface area contributed by atoms with E-state index in [-0.39, 0.29) is 0 Å². The Balaban J connectivity index is 3.05. The van der Waals surface area contributed by atoms with Gasteiger partial charge in [-0.3, -0.25) is 0 Å². The van der Waals surface area contributed by atoms with E-state index in [1.54, 1.807) is 0 Å². The maximum Gasteiger partial charge on any atom is -0.0443 e. The molecule has 0 fully saturated rings. The molecule has 1 unspecified atom stereocenters. The predicted molar refractivity (Wildman–Crippen MR) is 131 cm³/mol. The molecule has 0 aliphatic rings. The van der Waals surface area contributed by atoms with Crippen LogP contribution in [0, 0.1) is 5.92 Å². The maximum absolute atomic E-state index is 2.46. The Morgan fingerprint density at radius 2 is 0.536 bits per heavy atom. The Morgan fingerprint density at radius 3 is 0.857 bits per heavy atom. The SMILES string of the molecule is CCCCCCCCCCCCCCCCCCCCCC(C)CCCCC. The van der Waals surface area contributed by atoms with Crippen LogP contribution in [0.3, 0.4) is 0 Å². The standard InChI is InChI=1S/C28H58/c1-4-6-8-9-10-11-12-13-14-15-16-17-18-19-20-21-22-23-25-27-28(3)26-24-7-5-2/h28H,4-27H2,1-3H3. The molecule has 0 bridgehead atoms. The minimum atomic E-state index is 0.970. The highest BCUT2D eigenvalue weighted by Crippen LogP contribution is 2.18. The second-order valence-corrected chi connectivity index (χ2v) is 9.75. The van der Waals surface area contributed by atoms with Gasteiger partial charge in [-0.2, -0.15) is 0 Å². The maximum atomic E-state index is 2.46. The van der Waals surface area contributed by atoms with Gasteiger partial charge in [0.1, 0.15) is 0 Å². The van der Waals surface area contributed by atoms with Gasteiger partial charge in [0.15, 0.2) is 0 Å². The van der Waals surface area contributed by atoms with E-state index in [0.29, 0.717) is 0 Å². The number of unbranched alkanes of at least 4 members (excludes halogenated alkanes) is 20. The van der Waals surface area contributed by atoms with Gasteiger partial charge in [-0.05, 0) is 5.92 Å². The molecule has 0 saturated heterocycles. The van der Waals surface area contributed by atoms with Gasteiger partial charge in [0.25, 0.3) is 0 Å². The highest BCUT2D eigenvalue weighted by atomic mass is 14.1. The molecule has 0 saturated carbocycles. The first-order chi connectivity index (χ1) is 13.8. The summed E-state index contributed by atoms with van der Waals surface area (Å²) >= 11 is 0. The Bertz CT molecular complexity index is 257. The zero-order chi connectivity index (χ0) is 20.5. The van der Waals surface area contributed by atoms with Crippen LogP contribution in [0.2, 0.25) is 0 Å². The van der Waals surface area contributed by atoms with Crippen molar-refractivity contribution in [1.82, 2.24) is 0 Å². The fourth-order valence-corrected chi connectivity index (χ4v) is 4.46. The molecular weight excluding hydrogens is 336 g/mol. The third-order valence-corrected chi connectivity index (χ3v) is 6.60. The van der Waals surface area contributed by atoms with Crippen LogP contribution in [0.5, 0.6) is 0 Å². The summed E-state index contributed by atoms with van der Waals surface area (Å²) < 4.78 is 0. The number of hydrogen-bond donors (Lipinski definition) is 0. The topological polar surface area (TPSA) is 0 Å². The second kappa shape index (κ2) is 25.0. The van der Waals surface area contributed by atoms with Crippen molar-refractivity contribution in [2.45, 2.75) is 175 Å². The summed E-state index contributed by atoms with van der Waals surface area (Å²) in [6.07, 6.45) is 35.3. The molecule has 0 heterocycles. The molecule has 28 heavy (non-hydrogen) atoms. The summed E-state index contributed by atoms with van der Waals surface area (Å²) in [7, 11) is 0. The zero-order valence-corrected chi connectivity index (χ0v) is 20.5. The van der Waals surface area contributed by atoms with Gasteiger partial charge < -0.3 is 0 Å². The van der Waals surface area contributed by atoms with E-state index in [9.17, 15) is 0 Å². The zero-order valence-electron chi connectivity index (χ0n) is 20.5. The normalized spacial score (nSPS) is 12.5. The summed E-state index contributed by atoms with van der Waals surface area (Å²) in [4.78, 5) is 0. The van der Waals surface area contributed by atoms with Gasteiger partial charge in [0.05, 0.1) is 0 Å². The molecule has 0 aromatic heterocycles.